The number of halogens is 1. The summed E-state index contributed by atoms with van der Waals surface area (Å²) in [6.45, 7) is 2.67. The lowest BCUT2D eigenvalue weighted by molar-refractivity contribution is 0.393. The molecule has 0 aliphatic carbocycles. The second-order valence-corrected chi connectivity index (χ2v) is 9.54. The molecule has 1 aromatic rings. The lowest BCUT2D eigenvalue weighted by Gasteiger charge is -2.25. The molecule has 1 atom stereocenters. The molecule has 0 spiro atoms. The number of hydrogen-bond donors (Lipinski definition) is 1. The van der Waals surface area contributed by atoms with Crippen molar-refractivity contribution in [3.05, 3.63) is 24.3 Å². The molecule has 0 aromatic heterocycles. The summed E-state index contributed by atoms with van der Waals surface area (Å²) in [7, 11) is -6.36. The molecular formula is C14H24ClN3O4S2. The van der Waals surface area contributed by atoms with E-state index in [-0.39, 0.29) is 28.7 Å². The number of benzene rings is 1. The number of rotatable bonds is 6. The zero-order valence-electron chi connectivity index (χ0n) is 13.8. The van der Waals surface area contributed by atoms with Gasteiger partial charge in [-0.25, -0.2) is 16.8 Å². The molecule has 10 heteroatoms. The topological polar surface area (TPSA) is 101 Å². The number of hydrogen-bond acceptors (Lipinski definition) is 5. The van der Waals surface area contributed by atoms with Gasteiger partial charge in [0.05, 0.1) is 0 Å². The van der Waals surface area contributed by atoms with E-state index in [4.69, 9.17) is 5.73 Å². The van der Waals surface area contributed by atoms with E-state index in [0.29, 0.717) is 13.1 Å². The Kier molecular flexibility index (Phi) is 7.21. The average molecular weight is 398 g/mol. The van der Waals surface area contributed by atoms with Crippen molar-refractivity contribution < 1.29 is 16.8 Å². The van der Waals surface area contributed by atoms with Crippen LogP contribution >= 0.6 is 12.4 Å². The predicted octanol–water partition coefficient (Wildman–Crippen LogP) is 0.861. The van der Waals surface area contributed by atoms with Gasteiger partial charge in [0.2, 0.25) is 20.0 Å². The van der Waals surface area contributed by atoms with Crippen LogP contribution in [0.15, 0.2) is 34.1 Å². The summed E-state index contributed by atoms with van der Waals surface area (Å²) in [5.41, 5.74) is 5.54. The van der Waals surface area contributed by atoms with Crippen LogP contribution in [0.2, 0.25) is 0 Å². The van der Waals surface area contributed by atoms with Crippen LogP contribution in [0.25, 0.3) is 0 Å². The Morgan fingerprint density at radius 3 is 2.12 bits per heavy atom. The van der Waals surface area contributed by atoms with Crippen LogP contribution < -0.4 is 5.73 Å². The van der Waals surface area contributed by atoms with Crippen molar-refractivity contribution >= 4 is 32.5 Å². The molecule has 1 aliphatic heterocycles. The molecular weight excluding hydrogens is 374 g/mol. The first-order chi connectivity index (χ1) is 10.7. The molecule has 1 unspecified atom stereocenters. The maximum absolute atomic E-state index is 12.8. The lowest BCUT2D eigenvalue weighted by atomic mass is 10.4. The van der Waals surface area contributed by atoms with E-state index >= 15 is 0 Å². The maximum Gasteiger partial charge on any atom is 0.244 e. The van der Waals surface area contributed by atoms with Gasteiger partial charge in [0.15, 0.2) is 0 Å². The summed E-state index contributed by atoms with van der Waals surface area (Å²) < 4.78 is 53.6. The van der Waals surface area contributed by atoms with Crippen molar-refractivity contribution in [3.8, 4) is 0 Å². The second-order valence-electron chi connectivity index (χ2n) is 5.66. The minimum Gasteiger partial charge on any atom is -0.329 e. The third-order valence-corrected chi connectivity index (χ3v) is 8.27. The van der Waals surface area contributed by atoms with Gasteiger partial charge in [0.1, 0.15) is 9.79 Å². The van der Waals surface area contributed by atoms with Gasteiger partial charge in [0.25, 0.3) is 0 Å². The SMILES string of the molecule is CC(CN)N(C)S(=O)(=O)c1ccccc1S(=O)(=O)N1CCCC1.Cl. The van der Waals surface area contributed by atoms with Gasteiger partial charge in [-0.2, -0.15) is 8.61 Å². The number of sulfonamides is 2. The molecule has 0 amide bonds. The Hall–Kier alpha value is -0.710. The fourth-order valence-corrected chi connectivity index (χ4v) is 6.15. The van der Waals surface area contributed by atoms with Crippen LogP contribution in [0.4, 0.5) is 0 Å². The fourth-order valence-electron chi connectivity index (χ4n) is 2.48. The molecule has 2 N–H and O–H groups in total. The van der Waals surface area contributed by atoms with Gasteiger partial charge in [-0.3, -0.25) is 0 Å². The monoisotopic (exact) mass is 397 g/mol. The first kappa shape index (κ1) is 21.3. The van der Waals surface area contributed by atoms with E-state index in [2.05, 4.69) is 0 Å². The molecule has 0 bridgehead atoms. The third kappa shape index (κ3) is 3.92. The maximum atomic E-state index is 12.8. The van der Waals surface area contributed by atoms with Gasteiger partial charge in [0, 0.05) is 32.7 Å². The van der Waals surface area contributed by atoms with E-state index in [1.165, 1.54) is 35.6 Å². The van der Waals surface area contributed by atoms with Crippen molar-refractivity contribution in [1.82, 2.24) is 8.61 Å². The zero-order chi connectivity index (χ0) is 17.3. The van der Waals surface area contributed by atoms with Crippen LogP contribution in [-0.2, 0) is 20.0 Å². The summed E-state index contributed by atoms with van der Waals surface area (Å²) in [6, 6.07) is 5.31. The van der Waals surface area contributed by atoms with Crippen molar-refractivity contribution in [2.24, 2.45) is 5.73 Å². The Bertz CT molecular complexity index is 762. The van der Waals surface area contributed by atoms with Crippen LogP contribution in [0.5, 0.6) is 0 Å². The van der Waals surface area contributed by atoms with E-state index in [9.17, 15) is 16.8 Å². The highest BCUT2D eigenvalue weighted by Gasteiger charge is 2.35. The quantitative estimate of drug-likeness (QED) is 0.767. The highest BCUT2D eigenvalue weighted by molar-refractivity contribution is 7.92. The van der Waals surface area contributed by atoms with Crippen molar-refractivity contribution in [2.45, 2.75) is 35.6 Å². The predicted molar refractivity (Wildman–Crippen MR) is 95.1 cm³/mol. The molecule has 0 radical (unpaired) electrons. The molecule has 7 nitrogen and oxygen atoms in total. The van der Waals surface area contributed by atoms with E-state index in [1.807, 2.05) is 0 Å². The van der Waals surface area contributed by atoms with E-state index in [0.717, 1.165) is 17.1 Å². The smallest absolute Gasteiger partial charge is 0.244 e. The zero-order valence-corrected chi connectivity index (χ0v) is 16.2. The van der Waals surface area contributed by atoms with Crippen molar-refractivity contribution in [2.75, 3.05) is 26.7 Å². The summed E-state index contributed by atoms with van der Waals surface area (Å²) in [4.78, 5) is -0.368. The van der Waals surface area contributed by atoms with Crippen LogP contribution in [-0.4, -0.2) is 58.2 Å². The Labute approximate surface area is 150 Å². The van der Waals surface area contributed by atoms with E-state index in [1.54, 1.807) is 6.92 Å². The molecule has 138 valence electrons. The highest BCUT2D eigenvalue weighted by Crippen LogP contribution is 2.28. The summed E-state index contributed by atoms with van der Waals surface area (Å²) in [6.07, 6.45) is 1.58. The molecule has 2 rings (SSSR count). The first-order valence-electron chi connectivity index (χ1n) is 7.50. The van der Waals surface area contributed by atoms with Crippen LogP contribution in [0.1, 0.15) is 19.8 Å². The van der Waals surface area contributed by atoms with Gasteiger partial charge in [-0.15, -0.1) is 12.4 Å². The summed E-state index contributed by atoms with van der Waals surface area (Å²) >= 11 is 0. The Morgan fingerprint density at radius 2 is 1.62 bits per heavy atom. The molecule has 24 heavy (non-hydrogen) atoms. The third-order valence-electron chi connectivity index (χ3n) is 4.15. The van der Waals surface area contributed by atoms with Gasteiger partial charge >= 0.3 is 0 Å². The molecule has 1 fully saturated rings. The average Bonchev–Trinajstić information content (AvgIpc) is 3.08. The molecule has 1 heterocycles. The largest absolute Gasteiger partial charge is 0.329 e. The molecule has 1 saturated heterocycles. The minimum absolute atomic E-state index is 0. The van der Waals surface area contributed by atoms with Gasteiger partial charge in [-0.1, -0.05) is 12.1 Å². The summed E-state index contributed by atoms with van der Waals surface area (Å²) in [5, 5.41) is 0. The van der Waals surface area contributed by atoms with E-state index < -0.39 is 26.1 Å². The van der Waals surface area contributed by atoms with Gasteiger partial charge < -0.3 is 5.73 Å². The molecule has 1 aromatic carbocycles. The minimum atomic E-state index is -3.95. The standard InChI is InChI=1S/C14H23N3O4S2.ClH/c1-12(11-15)16(2)22(18,19)13-7-3-4-8-14(13)23(20,21)17-9-5-6-10-17;/h3-4,7-8,12H,5-6,9-11,15H2,1-2H3;1H. The second kappa shape index (κ2) is 8.11. The number of nitrogens with two attached hydrogens (primary N) is 1. The van der Waals surface area contributed by atoms with Crippen LogP contribution in [0, 0.1) is 0 Å². The molecule has 1 aliphatic rings. The van der Waals surface area contributed by atoms with Gasteiger partial charge in [-0.05, 0) is 31.9 Å². The number of nitrogens with zero attached hydrogens (tertiary/aromatic N) is 2. The normalized spacial score (nSPS) is 17.7. The lowest BCUT2D eigenvalue weighted by Crippen LogP contribution is -2.40. The Morgan fingerprint density at radius 1 is 1.12 bits per heavy atom. The van der Waals surface area contributed by atoms with Crippen LogP contribution in [0.3, 0.4) is 0 Å². The Balaban J connectivity index is 0.00000288. The van der Waals surface area contributed by atoms with Crippen molar-refractivity contribution in [1.29, 1.82) is 0 Å². The first-order valence-corrected chi connectivity index (χ1v) is 10.4. The van der Waals surface area contributed by atoms with Crippen molar-refractivity contribution in [3.63, 3.8) is 0 Å². The highest BCUT2D eigenvalue weighted by atomic mass is 35.5. The molecule has 0 saturated carbocycles. The summed E-state index contributed by atoms with van der Waals surface area (Å²) in [5.74, 6) is 0. The number of likely N-dealkylation sites (N-methyl/N-ethyl adjacent to an activating group) is 1. The fraction of sp³-hybridized carbons (Fsp3) is 0.571.